The highest BCUT2D eigenvalue weighted by molar-refractivity contribution is 7.81. The normalized spacial score (nSPS) is 21.7. The Hall–Kier alpha value is -2.32. The van der Waals surface area contributed by atoms with Crippen molar-refractivity contribution >= 4 is 27.7 Å². The number of piperidine rings is 1. The zero-order valence-electron chi connectivity index (χ0n) is 17.8. The molecule has 0 aliphatic carbocycles. The minimum atomic E-state index is -0.889. The molecule has 1 fully saturated rings. The van der Waals surface area contributed by atoms with Crippen LogP contribution in [0.1, 0.15) is 48.3 Å². The molecular weight excluding hydrogens is 396 g/mol. The molecule has 1 N–H and O–H groups in total. The molecule has 1 saturated heterocycles. The van der Waals surface area contributed by atoms with E-state index >= 15 is 0 Å². The van der Waals surface area contributed by atoms with Gasteiger partial charge in [-0.3, -0.25) is 0 Å². The Balaban J connectivity index is 1.49. The van der Waals surface area contributed by atoms with E-state index in [1.54, 1.807) is 12.6 Å². The molecule has 2 aliphatic heterocycles. The van der Waals surface area contributed by atoms with E-state index < -0.39 is 11.0 Å². The molecule has 0 radical (unpaired) electrons. The monoisotopic (exact) mass is 424 g/mol. The lowest BCUT2D eigenvalue weighted by Gasteiger charge is -2.38. The molecule has 3 aromatic rings. The molecule has 30 heavy (non-hydrogen) atoms. The third kappa shape index (κ3) is 3.41. The van der Waals surface area contributed by atoms with E-state index in [2.05, 4.69) is 43.2 Å². The van der Waals surface area contributed by atoms with Crippen molar-refractivity contribution in [3.63, 3.8) is 0 Å². The molecule has 2 aliphatic rings. The van der Waals surface area contributed by atoms with Gasteiger partial charge in [0.1, 0.15) is 12.0 Å². The number of aromatic nitrogens is 4. The van der Waals surface area contributed by atoms with Crippen LogP contribution in [0, 0.1) is 6.92 Å². The first-order chi connectivity index (χ1) is 14.5. The summed E-state index contributed by atoms with van der Waals surface area (Å²) in [6.45, 7) is 6.86. The zero-order valence-corrected chi connectivity index (χ0v) is 18.6. The number of anilines is 1. The van der Waals surface area contributed by atoms with Crippen LogP contribution in [0.4, 0.5) is 5.69 Å². The van der Waals surface area contributed by atoms with Crippen LogP contribution in [0.3, 0.4) is 0 Å². The molecule has 0 spiro atoms. The number of aryl methyl sites for hydroxylation is 1. The van der Waals surface area contributed by atoms with Crippen LogP contribution in [-0.2, 0) is 24.0 Å². The maximum atomic E-state index is 11.8. The number of H-pyrrole nitrogens is 1. The maximum absolute atomic E-state index is 11.8. The number of nitrogens with one attached hydrogen (secondary N) is 1. The Bertz CT molecular complexity index is 1100. The highest BCUT2D eigenvalue weighted by atomic mass is 32.2. The van der Waals surface area contributed by atoms with E-state index in [0.29, 0.717) is 12.0 Å². The number of hydrogen-bond acceptors (Lipinski definition) is 5. The van der Waals surface area contributed by atoms with Crippen molar-refractivity contribution in [2.45, 2.75) is 51.6 Å². The van der Waals surface area contributed by atoms with Crippen molar-refractivity contribution in [1.29, 1.82) is 0 Å². The first-order valence-electron chi connectivity index (χ1n) is 10.6. The summed E-state index contributed by atoms with van der Waals surface area (Å²) in [6, 6.07) is 4.66. The predicted octanol–water partition coefficient (Wildman–Crippen LogP) is 3.09. The number of fused-ring (bicyclic) bond motifs is 2. The second-order valence-electron chi connectivity index (χ2n) is 8.51. The van der Waals surface area contributed by atoms with Crippen molar-refractivity contribution in [1.82, 2.24) is 24.2 Å². The van der Waals surface area contributed by atoms with Gasteiger partial charge in [-0.05, 0) is 38.8 Å². The lowest BCUT2D eigenvalue weighted by Crippen LogP contribution is -2.40. The molecule has 5 rings (SSSR count). The quantitative estimate of drug-likeness (QED) is 0.699. The second kappa shape index (κ2) is 7.74. The van der Waals surface area contributed by atoms with Crippen molar-refractivity contribution in [2.75, 3.05) is 24.2 Å². The van der Waals surface area contributed by atoms with Gasteiger partial charge in [0.25, 0.3) is 0 Å². The summed E-state index contributed by atoms with van der Waals surface area (Å²) in [4.78, 5) is 19.8. The first kappa shape index (κ1) is 19.6. The first-order valence-corrected chi connectivity index (χ1v) is 12.1. The third-order valence-corrected chi connectivity index (χ3v) is 7.66. The van der Waals surface area contributed by atoms with Crippen LogP contribution in [0.5, 0.6) is 0 Å². The fourth-order valence-corrected chi connectivity index (χ4v) is 5.70. The Morgan fingerprint density at radius 2 is 2.03 bits per heavy atom. The Kier molecular flexibility index (Phi) is 5.06. The molecule has 2 atom stereocenters. The van der Waals surface area contributed by atoms with Crippen molar-refractivity contribution in [2.24, 2.45) is 0 Å². The minimum Gasteiger partial charge on any atom is -0.363 e. The summed E-state index contributed by atoms with van der Waals surface area (Å²) >= 11 is 0. The smallest absolute Gasteiger partial charge is 0.139 e. The molecule has 7 nitrogen and oxygen atoms in total. The van der Waals surface area contributed by atoms with Crippen LogP contribution in [0.15, 0.2) is 24.7 Å². The topological polar surface area (TPSA) is 78.0 Å². The van der Waals surface area contributed by atoms with Gasteiger partial charge in [-0.2, -0.15) is 0 Å². The Morgan fingerprint density at radius 1 is 1.23 bits per heavy atom. The Labute approximate surface area is 179 Å². The van der Waals surface area contributed by atoms with Gasteiger partial charge in [0.05, 0.1) is 28.1 Å². The molecule has 5 heterocycles. The van der Waals surface area contributed by atoms with Crippen LogP contribution in [0.2, 0.25) is 0 Å². The number of hydrogen-bond donors (Lipinski definition) is 1. The van der Waals surface area contributed by atoms with Gasteiger partial charge in [0.15, 0.2) is 0 Å². The summed E-state index contributed by atoms with van der Waals surface area (Å²) in [7, 11) is -0.889. The van der Waals surface area contributed by atoms with E-state index in [1.807, 2.05) is 13.1 Å². The molecule has 0 saturated carbocycles. The van der Waals surface area contributed by atoms with Crippen molar-refractivity contribution in [3.8, 4) is 0 Å². The van der Waals surface area contributed by atoms with Crippen molar-refractivity contribution in [3.05, 3.63) is 47.3 Å². The molecule has 2 unspecified atom stereocenters. The van der Waals surface area contributed by atoms with Gasteiger partial charge in [-0.15, -0.1) is 0 Å². The molecule has 8 heteroatoms. The van der Waals surface area contributed by atoms with Gasteiger partial charge in [0.2, 0.25) is 0 Å². The Morgan fingerprint density at radius 3 is 2.80 bits per heavy atom. The lowest BCUT2D eigenvalue weighted by atomic mass is 9.87. The fraction of sp³-hybridized carbons (Fsp3) is 0.500. The van der Waals surface area contributed by atoms with Crippen molar-refractivity contribution < 1.29 is 4.21 Å². The lowest BCUT2D eigenvalue weighted by molar-refractivity contribution is 0.330. The average Bonchev–Trinajstić information content (AvgIpc) is 3.20. The average molecular weight is 425 g/mol. The van der Waals surface area contributed by atoms with E-state index in [4.69, 9.17) is 4.98 Å². The molecule has 158 valence electrons. The van der Waals surface area contributed by atoms with Gasteiger partial charge in [-0.25, -0.2) is 23.5 Å². The summed E-state index contributed by atoms with van der Waals surface area (Å²) in [5.74, 6) is 0.406. The number of pyridine rings is 1. The van der Waals surface area contributed by atoms with Crippen LogP contribution >= 0.6 is 0 Å². The molecular formula is C22H28N6OS. The van der Waals surface area contributed by atoms with Gasteiger partial charge in [-0.1, -0.05) is 0 Å². The van der Waals surface area contributed by atoms with E-state index in [9.17, 15) is 4.21 Å². The van der Waals surface area contributed by atoms with Gasteiger partial charge < -0.3 is 9.88 Å². The van der Waals surface area contributed by atoms with Crippen LogP contribution in [0.25, 0.3) is 11.0 Å². The van der Waals surface area contributed by atoms with E-state index in [-0.39, 0.29) is 0 Å². The van der Waals surface area contributed by atoms with E-state index in [0.717, 1.165) is 55.6 Å². The summed E-state index contributed by atoms with van der Waals surface area (Å²) in [5, 5.41) is 1.16. The fourth-order valence-electron chi connectivity index (χ4n) is 4.97. The second-order valence-corrected chi connectivity index (χ2v) is 9.88. The highest BCUT2D eigenvalue weighted by Crippen LogP contribution is 2.37. The van der Waals surface area contributed by atoms with Crippen LogP contribution < -0.4 is 4.90 Å². The number of rotatable bonds is 3. The molecule has 0 aromatic carbocycles. The standard InChI is InChI=1S/C22H28N6OS/c1-14-10-20(17-4-7-23-22(17)26-14)28-12-18-19(11-15(28)2)24-13-25-21(18)16-5-8-27(9-6-16)30(3)29/h4,7,10,13,15-16H,5-6,8-9,11-12H2,1-3H3,(H,23,26). The van der Waals surface area contributed by atoms with Gasteiger partial charge in [0, 0.05) is 67.1 Å². The third-order valence-electron chi connectivity index (χ3n) is 6.57. The SMILES string of the molecule is Cc1cc(N2Cc3c(ncnc3C3CCN(S(C)=O)CC3)CC2C)c2cc[nH]c2n1. The molecule has 0 amide bonds. The summed E-state index contributed by atoms with van der Waals surface area (Å²) in [6.07, 6.45) is 8.37. The maximum Gasteiger partial charge on any atom is 0.139 e. The largest absolute Gasteiger partial charge is 0.363 e. The predicted molar refractivity (Wildman–Crippen MR) is 120 cm³/mol. The van der Waals surface area contributed by atoms with E-state index in [1.165, 1.54) is 22.6 Å². The molecule has 3 aromatic heterocycles. The number of aromatic amines is 1. The molecule has 0 bridgehead atoms. The van der Waals surface area contributed by atoms with Crippen LogP contribution in [-0.4, -0.2) is 53.8 Å². The summed E-state index contributed by atoms with van der Waals surface area (Å²) in [5.41, 5.74) is 6.83. The minimum absolute atomic E-state index is 0.351. The number of nitrogens with zero attached hydrogens (tertiary/aromatic N) is 5. The summed E-state index contributed by atoms with van der Waals surface area (Å²) < 4.78 is 13.9. The van der Waals surface area contributed by atoms with Gasteiger partial charge >= 0.3 is 0 Å². The zero-order chi connectivity index (χ0) is 20.8. The highest BCUT2D eigenvalue weighted by Gasteiger charge is 2.32.